The SMILES string of the molecule is CNC(=O)c1cc(F)c(Br)c(Cl)c1. The fourth-order valence-corrected chi connectivity index (χ4v) is 1.27. The minimum Gasteiger partial charge on any atom is -0.355 e. The molecule has 0 saturated carbocycles. The largest absolute Gasteiger partial charge is 0.355 e. The minimum absolute atomic E-state index is 0.168. The van der Waals surface area contributed by atoms with Crippen LogP contribution in [0.4, 0.5) is 4.39 Å². The molecule has 0 heterocycles. The molecule has 0 fully saturated rings. The van der Waals surface area contributed by atoms with Crippen LogP contribution in [0, 0.1) is 5.82 Å². The lowest BCUT2D eigenvalue weighted by Crippen LogP contribution is -2.17. The summed E-state index contributed by atoms with van der Waals surface area (Å²) in [5.41, 5.74) is 0.202. The predicted molar refractivity (Wildman–Crippen MR) is 52.5 cm³/mol. The number of carbonyl (C=O) groups is 1. The van der Waals surface area contributed by atoms with Gasteiger partial charge in [-0.25, -0.2) is 4.39 Å². The van der Waals surface area contributed by atoms with E-state index in [-0.39, 0.29) is 21.0 Å². The van der Waals surface area contributed by atoms with Crippen LogP contribution in [0.5, 0.6) is 0 Å². The monoisotopic (exact) mass is 265 g/mol. The van der Waals surface area contributed by atoms with Crippen LogP contribution in [-0.4, -0.2) is 13.0 Å². The molecule has 0 aromatic heterocycles. The third kappa shape index (κ3) is 2.19. The van der Waals surface area contributed by atoms with Crippen LogP contribution in [0.2, 0.25) is 5.02 Å². The molecule has 1 aromatic rings. The summed E-state index contributed by atoms with van der Waals surface area (Å²) >= 11 is 8.60. The summed E-state index contributed by atoms with van der Waals surface area (Å²) in [7, 11) is 1.47. The molecular weight excluding hydrogens is 260 g/mol. The molecule has 0 unspecified atom stereocenters. The summed E-state index contributed by atoms with van der Waals surface area (Å²) in [6.07, 6.45) is 0. The van der Waals surface area contributed by atoms with E-state index in [0.717, 1.165) is 6.07 Å². The van der Waals surface area contributed by atoms with Gasteiger partial charge in [-0.15, -0.1) is 0 Å². The van der Waals surface area contributed by atoms with Gasteiger partial charge in [0.05, 0.1) is 9.50 Å². The lowest BCUT2D eigenvalue weighted by Gasteiger charge is -2.02. The molecule has 0 bridgehead atoms. The summed E-state index contributed by atoms with van der Waals surface area (Å²) in [4.78, 5) is 11.1. The van der Waals surface area contributed by atoms with Crippen molar-refractivity contribution in [1.82, 2.24) is 5.32 Å². The first-order chi connectivity index (χ1) is 6.06. The molecule has 1 rings (SSSR count). The maximum Gasteiger partial charge on any atom is 0.251 e. The zero-order valence-corrected chi connectivity index (χ0v) is 9.04. The van der Waals surface area contributed by atoms with Crippen LogP contribution in [0.15, 0.2) is 16.6 Å². The molecule has 0 radical (unpaired) electrons. The number of benzene rings is 1. The van der Waals surface area contributed by atoms with Crippen LogP contribution < -0.4 is 5.32 Å². The van der Waals surface area contributed by atoms with Crippen molar-refractivity contribution in [2.45, 2.75) is 0 Å². The molecule has 0 spiro atoms. The topological polar surface area (TPSA) is 29.1 Å². The molecule has 13 heavy (non-hydrogen) atoms. The van der Waals surface area contributed by atoms with E-state index < -0.39 is 5.82 Å². The average Bonchev–Trinajstić information content (AvgIpc) is 2.12. The van der Waals surface area contributed by atoms with E-state index in [1.807, 2.05) is 0 Å². The Kier molecular flexibility index (Phi) is 3.27. The molecule has 0 atom stereocenters. The van der Waals surface area contributed by atoms with Crippen molar-refractivity contribution in [3.8, 4) is 0 Å². The number of amides is 1. The Hall–Kier alpha value is -0.610. The Bertz CT molecular complexity index is 333. The van der Waals surface area contributed by atoms with Crippen molar-refractivity contribution in [1.29, 1.82) is 0 Å². The number of hydrogen-bond acceptors (Lipinski definition) is 1. The van der Waals surface area contributed by atoms with Crippen molar-refractivity contribution in [3.63, 3.8) is 0 Å². The van der Waals surface area contributed by atoms with E-state index >= 15 is 0 Å². The molecule has 70 valence electrons. The van der Waals surface area contributed by atoms with Gasteiger partial charge in [-0.1, -0.05) is 11.6 Å². The van der Waals surface area contributed by atoms with Crippen LogP contribution >= 0.6 is 27.5 Å². The second-order valence-electron chi connectivity index (χ2n) is 2.33. The molecule has 1 N–H and O–H groups in total. The highest BCUT2D eigenvalue weighted by molar-refractivity contribution is 9.10. The summed E-state index contributed by atoms with van der Waals surface area (Å²) in [5, 5.41) is 2.55. The van der Waals surface area contributed by atoms with E-state index in [2.05, 4.69) is 21.2 Å². The molecule has 1 amide bonds. The number of nitrogens with one attached hydrogen (secondary N) is 1. The lowest BCUT2D eigenvalue weighted by molar-refractivity contribution is 0.0962. The number of rotatable bonds is 1. The van der Waals surface area contributed by atoms with Crippen molar-refractivity contribution >= 4 is 33.4 Å². The fraction of sp³-hybridized carbons (Fsp3) is 0.125. The Morgan fingerprint density at radius 3 is 2.69 bits per heavy atom. The maximum atomic E-state index is 13.0. The van der Waals surface area contributed by atoms with Crippen molar-refractivity contribution in [2.75, 3.05) is 7.05 Å². The number of carbonyl (C=O) groups excluding carboxylic acids is 1. The van der Waals surface area contributed by atoms with E-state index in [4.69, 9.17) is 11.6 Å². The van der Waals surface area contributed by atoms with Gasteiger partial charge in [-0.3, -0.25) is 4.79 Å². The van der Waals surface area contributed by atoms with Gasteiger partial charge in [0.1, 0.15) is 5.82 Å². The molecule has 1 aromatic carbocycles. The first kappa shape index (κ1) is 10.5. The second kappa shape index (κ2) is 4.07. The Labute approximate surface area is 88.2 Å². The van der Waals surface area contributed by atoms with Gasteiger partial charge in [0.15, 0.2) is 0 Å². The zero-order chi connectivity index (χ0) is 10.0. The van der Waals surface area contributed by atoms with Crippen LogP contribution in [-0.2, 0) is 0 Å². The molecule has 5 heteroatoms. The average molecular weight is 266 g/mol. The van der Waals surface area contributed by atoms with Crippen molar-refractivity contribution in [3.05, 3.63) is 33.0 Å². The summed E-state index contributed by atoms with van der Waals surface area (Å²) in [6, 6.07) is 2.52. The Morgan fingerprint density at radius 2 is 2.23 bits per heavy atom. The van der Waals surface area contributed by atoms with Crippen molar-refractivity contribution in [2.24, 2.45) is 0 Å². The highest BCUT2D eigenvalue weighted by Crippen LogP contribution is 2.26. The minimum atomic E-state index is -0.550. The quantitative estimate of drug-likeness (QED) is 0.778. The van der Waals surface area contributed by atoms with Gasteiger partial charge in [0.25, 0.3) is 5.91 Å². The van der Waals surface area contributed by atoms with Crippen molar-refractivity contribution < 1.29 is 9.18 Å². The summed E-state index contributed by atoms with van der Waals surface area (Å²) in [6.45, 7) is 0. The summed E-state index contributed by atoms with van der Waals surface area (Å²) < 4.78 is 13.2. The van der Waals surface area contributed by atoms with Crippen LogP contribution in [0.1, 0.15) is 10.4 Å². The smallest absolute Gasteiger partial charge is 0.251 e. The highest BCUT2D eigenvalue weighted by atomic mass is 79.9. The Morgan fingerprint density at radius 1 is 1.62 bits per heavy atom. The van der Waals surface area contributed by atoms with Gasteiger partial charge in [-0.05, 0) is 28.1 Å². The predicted octanol–water partition coefficient (Wildman–Crippen LogP) is 2.60. The second-order valence-corrected chi connectivity index (χ2v) is 3.53. The van der Waals surface area contributed by atoms with Crippen LogP contribution in [0.3, 0.4) is 0 Å². The number of hydrogen-bond donors (Lipinski definition) is 1. The number of halogens is 3. The molecular formula is C8H6BrClFNO. The fourth-order valence-electron chi connectivity index (χ4n) is 0.831. The van der Waals surface area contributed by atoms with E-state index in [1.165, 1.54) is 13.1 Å². The van der Waals surface area contributed by atoms with E-state index in [1.54, 1.807) is 0 Å². The molecule has 2 nitrogen and oxygen atoms in total. The standard InChI is InChI=1S/C8H6BrClFNO/c1-12-8(13)4-2-5(10)7(9)6(11)3-4/h2-3H,1H3,(H,12,13). The zero-order valence-electron chi connectivity index (χ0n) is 6.70. The Balaban J connectivity index is 3.20. The molecule has 0 aliphatic heterocycles. The van der Waals surface area contributed by atoms with Gasteiger partial charge in [-0.2, -0.15) is 0 Å². The third-order valence-corrected chi connectivity index (χ3v) is 2.81. The maximum absolute atomic E-state index is 13.0. The van der Waals surface area contributed by atoms with Gasteiger partial charge < -0.3 is 5.32 Å². The van der Waals surface area contributed by atoms with Gasteiger partial charge >= 0.3 is 0 Å². The van der Waals surface area contributed by atoms with E-state index in [9.17, 15) is 9.18 Å². The normalized spacial score (nSPS) is 9.85. The van der Waals surface area contributed by atoms with E-state index in [0.29, 0.717) is 0 Å². The lowest BCUT2D eigenvalue weighted by atomic mass is 10.2. The third-order valence-electron chi connectivity index (χ3n) is 1.47. The molecule has 0 aliphatic rings. The first-order valence-corrected chi connectivity index (χ1v) is 4.60. The van der Waals surface area contributed by atoms with Gasteiger partial charge in [0, 0.05) is 12.6 Å². The van der Waals surface area contributed by atoms with Crippen LogP contribution in [0.25, 0.3) is 0 Å². The molecule has 0 aliphatic carbocycles. The highest BCUT2D eigenvalue weighted by Gasteiger charge is 2.10. The summed E-state index contributed by atoms with van der Waals surface area (Å²) in [5.74, 6) is -0.917. The first-order valence-electron chi connectivity index (χ1n) is 3.43. The van der Waals surface area contributed by atoms with Gasteiger partial charge in [0.2, 0.25) is 0 Å². The molecule has 0 saturated heterocycles.